The van der Waals surface area contributed by atoms with Gasteiger partial charge in [-0.15, -0.1) is 0 Å². The summed E-state index contributed by atoms with van der Waals surface area (Å²) >= 11 is 0. The van der Waals surface area contributed by atoms with Crippen LogP contribution in [0.25, 0.3) is 22.5 Å². The van der Waals surface area contributed by atoms with Gasteiger partial charge in [-0.1, -0.05) is 0 Å². The van der Waals surface area contributed by atoms with Crippen LogP contribution in [-0.4, -0.2) is 31.0 Å². The number of pyridine rings is 1. The predicted octanol–water partition coefficient (Wildman–Crippen LogP) is 2.81. The van der Waals surface area contributed by atoms with Crippen molar-refractivity contribution in [3.8, 4) is 22.5 Å². The summed E-state index contributed by atoms with van der Waals surface area (Å²) in [6.07, 6.45) is 4.34. The molecule has 1 N–H and O–H groups in total. The predicted molar refractivity (Wildman–Crippen MR) is 84.3 cm³/mol. The van der Waals surface area contributed by atoms with Crippen molar-refractivity contribution in [1.82, 2.24) is 15.0 Å². The molecule has 0 spiro atoms. The molecule has 1 aromatic carbocycles. The molecule has 0 radical (unpaired) electrons. The Kier molecular flexibility index (Phi) is 3.94. The summed E-state index contributed by atoms with van der Waals surface area (Å²) in [5.41, 5.74) is 1.34. The molecular formula is C16H10N4O4. The van der Waals surface area contributed by atoms with E-state index >= 15 is 0 Å². The van der Waals surface area contributed by atoms with Gasteiger partial charge in [0, 0.05) is 35.7 Å². The van der Waals surface area contributed by atoms with Crippen LogP contribution in [0.5, 0.6) is 0 Å². The van der Waals surface area contributed by atoms with Crippen LogP contribution in [0.4, 0.5) is 5.69 Å². The number of carboxylic acid groups (broad SMARTS) is 1. The number of hydrogen-bond donors (Lipinski definition) is 1. The van der Waals surface area contributed by atoms with Gasteiger partial charge in [-0.3, -0.25) is 15.1 Å². The number of aromatic carboxylic acids is 1. The lowest BCUT2D eigenvalue weighted by atomic mass is 10.0. The maximum atomic E-state index is 11.8. The average Bonchev–Trinajstić information content (AvgIpc) is 2.61. The number of aromatic nitrogens is 3. The first-order chi connectivity index (χ1) is 11.6. The second-order valence-corrected chi connectivity index (χ2v) is 4.79. The molecule has 0 fully saturated rings. The summed E-state index contributed by atoms with van der Waals surface area (Å²) in [7, 11) is 0. The summed E-state index contributed by atoms with van der Waals surface area (Å²) in [6, 6.07) is 8.82. The van der Waals surface area contributed by atoms with Gasteiger partial charge < -0.3 is 5.11 Å². The van der Waals surface area contributed by atoms with Gasteiger partial charge >= 0.3 is 5.97 Å². The molecule has 24 heavy (non-hydrogen) atoms. The van der Waals surface area contributed by atoms with Crippen molar-refractivity contribution in [3.63, 3.8) is 0 Å². The SMILES string of the molecule is O=C(O)c1c(-c2ccncc2)ncnc1-c1ccc([N+](=O)[O-])cc1. The quantitative estimate of drug-likeness (QED) is 0.579. The zero-order valence-electron chi connectivity index (χ0n) is 12.2. The van der Waals surface area contributed by atoms with Crippen LogP contribution in [0, 0.1) is 10.1 Å². The Morgan fingerprint density at radius 1 is 0.958 bits per heavy atom. The molecule has 2 aromatic heterocycles. The number of nitro benzene ring substituents is 1. The van der Waals surface area contributed by atoms with Crippen molar-refractivity contribution in [1.29, 1.82) is 0 Å². The van der Waals surface area contributed by atoms with Crippen molar-refractivity contribution < 1.29 is 14.8 Å². The number of nitro groups is 1. The van der Waals surface area contributed by atoms with Crippen LogP contribution in [0.1, 0.15) is 10.4 Å². The van der Waals surface area contributed by atoms with E-state index in [-0.39, 0.29) is 22.6 Å². The molecule has 0 amide bonds. The minimum atomic E-state index is -1.18. The normalized spacial score (nSPS) is 10.3. The molecule has 0 unspecified atom stereocenters. The lowest BCUT2D eigenvalue weighted by Gasteiger charge is -2.10. The Balaban J connectivity index is 2.18. The molecule has 0 saturated carbocycles. The first-order valence-corrected chi connectivity index (χ1v) is 6.81. The summed E-state index contributed by atoms with van der Waals surface area (Å²) in [4.78, 5) is 34.0. The summed E-state index contributed by atoms with van der Waals surface area (Å²) in [5.74, 6) is -1.18. The largest absolute Gasteiger partial charge is 0.478 e. The highest BCUT2D eigenvalue weighted by Gasteiger charge is 2.21. The third-order valence-electron chi connectivity index (χ3n) is 3.37. The zero-order valence-corrected chi connectivity index (χ0v) is 12.2. The maximum Gasteiger partial charge on any atom is 0.340 e. The van der Waals surface area contributed by atoms with Gasteiger partial charge in [-0.2, -0.15) is 0 Å². The van der Waals surface area contributed by atoms with E-state index < -0.39 is 10.9 Å². The molecule has 3 aromatic rings. The summed E-state index contributed by atoms with van der Waals surface area (Å²) in [5, 5.41) is 20.4. The lowest BCUT2D eigenvalue weighted by molar-refractivity contribution is -0.384. The molecule has 8 heteroatoms. The van der Waals surface area contributed by atoms with Gasteiger partial charge in [0.2, 0.25) is 0 Å². The van der Waals surface area contributed by atoms with Crippen LogP contribution in [0.2, 0.25) is 0 Å². The van der Waals surface area contributed by atoms with E-state index in [9.17, 15) is 20.0 Å². The van der Waals surface area contributed by atoms with Gasteiger partial charge in [0.05, 0.1) is 16.3 Å². The standard InChI is InChI=1S/C16H10N4O4/c21-16(22)13-14(10-1-3-12(4-2-10)20(23)24)18-9-19-15(13)11-5-7-17-8-6-11/h1-9H,(H,21,22). The monoisotopic (exact) mass is 322 g/mol. The third-order valence-corrected chi connectivity index (χ3v) is 3.37. The highest BCUT2D eigenvalue weighted by Crippen LogP contribution is 2.29. The molecule has 2 heterocycles. The van der Waals surface area contributed by atoms with Crippen LogP contribution in [0.3, 0.4) is 0 Å². The van der Waals surface area contributed by atoms with Crippen molar-refractivity contribution >= 4 is 11.7 Å². The fourth-order valence-electron chi connectivity index (χ4n) is 2.28. The first-order valence-electron chi connectivity index (χ1n) is 6.81. The Bertz CT molecular complexity index is 911. The Hall–Kier alpha value is -3.68. The second kappa shape index (κ2) is 6.21. The molecule has 0 aliphatic heterocycles. The van der Waals surface area contributed by atoms with Gasteiger partial charge in [-0.05, 0) is 24.3 Å². The Morgan fingerprint density at radius 2 is 1.50 bits per heavy atom. The Morgan fingerprint density at radius 3 is 2.00 bits per heavy atom. The molecule has 0 atom stereocenters. The minimum Gasteiger partial charge on any atom is -0.478 e. The first kappa shape index (κ1) is 15.2. The van der Waals surface area contributed by atoms with Gasteiger partial charge in [0.15, 0.2) is 0 Å². The summed E-state index contributed by atoms with van der Waals surface area (Å²) in [6.45, 7) is 0. The number of benzene rings is 1. The van der Waals surface area contributed by atoms with E-state index in [1.165, 1.54) is 43.0 Å². The van der Waals surface area contributed by atoms with Crippen molar-refractivity contribution in [2.45, 2.75) is 0 Å². The minimum absolute atomic E-state index is 0.0717. The number of nitrogens with zero attached hydrogens (tertiary/aromatic N) is 4. The molecule has 0 saturated heterocycles. The molecule has 0 aliphatic carbocycles. The topological polar surface area (TPSA) is 119 Å². The van der Waals surface area contributed by atoms with Crippen LogP contribution < -0.4 is 0 Å². The van der Waals surface area contributed by atoms with Crippen molar-refractivity contribution in [2.75, 3.05) is 0 Å². The molecule has 118 valence electrons. The summed E-state index contributed by atoms with van der Waals surface area (Å²) < 4.78 is 0. The molecular weight excluding hydrogens is 312 g/mol. The second-order valence-electron chi connectivity index (χ2n) is 4.79. The maximum absolute atomic E-state index is 11.8. The Labute approximate surface area is 135 Å². The zero-order chi connectivity index (χ0) is 17.1. The van der Waals surface area contributed by atoms with E-state index in [2.05, 4.69) is 15.0 Å². The average molecular weight is 322 g/mol. The molecule has 0 bridgehead atoms. The highest BCUT2D eigenvalue weighted by atomic mass is 16.6. The number of carbonyl (C=O) groups is 1. The van der Waals surface area contributed by atoms with E-state index in [0.29, 0.717) is 11.1 Å². The van der Waals surface area contributed by atoms with Crippen molar-refractivity contribution in [3.05, 3.63) is 70.8 Å². The highest BCUT2D eigenvalue weighted by molar-refractivity contribution is 6.00. The lowest BCUT2D eigenvalue weighted by Crippen LogP contribution is -2.06. The van der Waals surface area contributed by atoms with Gasteiger partial charge in [0.1, 0.15) is 11.9 Å². The fourth-order valence-corrected chi connectivity index (χ4v) is 2.28. The van der Waals surface area contributed by atoms with E-state index in [1.807, 2.05) is 0 Å². The van der Waals surface area contributed by atoms with E-state index in [4.69, 9.17) is 0 Å². The molecule has 8 nitrogen and oxygen atoms in total. The smallest absolute Gasteiger partial charge is 0.340 e. The third kappa shape index (κ3) is 2.80. The van der Waals surface area contributed by atoms with E-state index in [0.717, 1.165) is 0 Å². The van der Waals surface area contributed by atoms with Gasteiger partial charge in [0.25, 0.3) is 5.69 Å². The van der Waals surface area contributed by atoms with Crippen LogP contribution >= 0.6 is 0 Å². The molecule has 0 aliphatic rings. The van der Waals surface area contributed by atoms with E-state index in [1.54, 1.807) is 12.1 Å². The van der Waals surface area contributed by atoms with Crippen molar-refractivity contribution in [2.24, 2.45) is 0 Å². The number of rotatable bonds is 4. The number of hydrogen-bond acceptors (Lipinski definition) is 6. The number of carboxylic acids is 1. The van der Waals surface area contributed by atoms with Gasteiger partial charge in [-0.25, -0.2) is 14.8 Å². The van der Waals surface area contributed by atoms with Crippen LogP contribution in [0.15, 0.2) is 55.1 Å². The van der Waals surface area contributed by atoms with Crippen LogP contribution in [-0.2, 0) is 0 Å². The number of non-ortho nitro benzene ring substituents is 1. The fraction of sp³-hybridized carbons (Fsp3) is 0. The molecule has 3 rings (SSSR count).